The monoisotopic (exact) mass is 551 g/mol. The largest absolute Gasteiger partial charge is 1.00 e. The molecule has 0 spiro atoms. The van der Waals surface area contributed by atoms with Crippen molar-refractivity contribution in [1.29, 1.82) is 0 Å². The molecule has 3 rings (SSSR count). The van der Waals surface area contributed by atoms with E-state index >= 15 is 0 Å². The maximum atomic E-state index is 12.8. The maximum absolute atomic E-state index is 12.8. The van der Waals surface area contributed by atoms with E-state index in [0.29, 0.717) is 35.2 Å². The molecule has 0 aliphatic rings. The van der Waals surface area contributed by atoms with Crippen LogP contribution in [0.15, 0.2) is 48.7 Å². The summed E-state index contributed by atoms with van der Waals surface area (Å²) in [4.78, 5) is 12.8. The highest BCUT2D eigenvalue weighted by molar-refractivity contribution is 5.93. The Morgan fingerprint density at radius 3 is 2.34 bits per heavy atom. The van der Waals surface area contributed by atoms with Gasteiger partial charge in [-0.15, -0.1) is 0 Å². The van der Waals surface area contributed by atoms with Gasteiger partial charge in [0, 0.05) is 12.1 Å². The summed E-state index contributed by atoms with van der Waals surface area (Å²) in [5.41, 5.74) is 1.37. The number of pyridine rings is 1. The molecule has 7 heteroatoms. The van der Waals surface area contributed by atoms with Crippen molar-refractivity contribution in [2.24, 2.45) is 7.05 Å². The molecule has 0 bridgehead atoms. The molecule has 2 aromatic carbocycles. The highest BCUT2D eigenvalue weighted by Crippen LogP contribution is 2.39. The lowest BCUT2D eigenvalue weighted by Gasteiger charge is -2.16. The lowest BCUT2D eigenvalue weighted by molar-refractivity contribution is -0.644. The zero-order valence-corrected chi connectivity index (χ0v) is 21.2. The van der Waals surface area contributed by atoms with Crippen LogP contribution < -0.4 is 47.5 Å². The summed E-state index contributed by atoms with van der Waals surface area (Å²) in [5, 5.41) is 0.984. The number of halogens is 1. The van der Waals surface area contributed by atoms with E-state index in [0.717, 1.165) is 23.7 Å². The molecule has 0 unspecified atom stereocenters. The minimum absolute atomic E-state index is 0. The first-order chi connectivity index (χ1) is 15.1. The molecule has 0 N–H and O–H groups in total. The second-order valence-electron chi connectivity index (χ2n) is 7.35. The van der Waals surface area contributed by atoms with Crippen LogP contribution in [0.1, 0.15) is 43.0 Å². The van der Waals surface area contributed by atoms with Crippen molar-refractivity contribution in [3.8, 4) is 23.0 Å². The Morgan fingerprint density at radius 2 is 1.69 bits per heavy atom. The molecule has 6 nitrogen and oxygen atoms in total. The molecular formula is C25H30INO5. The van der Waals surface area contributed by atoms with Gasteiger partial charge in [0.1, 0.15) is 12.8 Å². The number of methoxy groups -OCH3 is 2. The van der Waals surface area contributed by atoms with Gasteiger partial charge < -0.3 is 42.9 Å². The highest BCUT2D eigenvalue weighted by Gasteiger charge is 2.19. The van der Waals surface area contributed by atoms with Crippen LogP contribution in [0, 0.1) is 0 Å². The topological polar surface area (TPSA) is 57.9 Å². The summed E-state index contributed by atoms with van der Waals surface area (Å²) in [6.45, 7) is 2.73. The number of nitrogens with zero attached hydrogens (tertiary/aromatic N) is 1. The number of aryl methyl sites for hydroxylation is 1. The van der Waals surface area contributed by atoms with Gasteiger partial charge in [0.15, 0.2) is 17.7 Å². The van der Waals surface area contributed by atoms with Crippen LogP contribution in [0.25, 0.3) is 10.9 Å². The first kappa shape index (κ1) is 25.7. The highest BCUT2D eigenvalue weighted by atomic mass is 127. The van der Waals surface area contributed by atoms with Crippen molar-refractivity contribution in [3.05, 3.63) is 54.2 Å². The van der Waals surface area contributed by atoms with Crippen LogP contribution in [-0.2, 0) is 7.05 Å². The number of rotatable bonds is 10. The molecule has 0 atom stereocenters. The molecule has 1 aromatic heterocycles. The third-order valence-electron chi connectivity index (χ3n) is 5.12. The van der Waals surface area contributed by atoms with Crippen molar-refractivity contribution in [1.82, 2.24) is 0 Å². The molecule has 0 amide bonds. The zero-order chi connectivity index (χ0) is 22.2. The summed E-state index contributed by atoms with van der Waals surface area (Å²) >= 11 is 0. The quantitative estimate of drug-likeness (QED) is 0.127. The number of hydrogen-bond donors (Lipinski definition) is 0. The SMILES string of the molecule is CCCCCCOc1c(OC)cc(C(=O)Oc2ccc3c(ccc[n+]3C)c2)cc1OC.[I-]. The summed E-state index contributed by atoms with van der Waals surface area (Å²) in [6.07, 6.45) is 6.37. The Kier molecular flexibility index (Phi) is 10.0. The van der Waals surface area contributed by atoms with Crippen LogP contribution in [0.4, 0.5) is 0 Å². The average molecular weight is 551 g/mol. The van der Waals surface area contributed by atoms with Gasteiger partial charge in [0.25, 0.3) is 0 Å². The summed E-state index contributed by atoms with van der Waals surface area (Å²) in [6, 6.07) is 12.7. The van der Waals surface area contributed by atoms with Crippen LogP contribution >= 0.6 is 0 Å². The third-order valence-corrected chi connectivity index (χ3v) is 5.12. The standard InChI is InChI=1S/C25H30NO5.HI/c1-5-6-7-8-14-30-24-22(28-3)16-19(17-23(24)29-4)25(27)31-20-11-12-21-18(15-20)10-9-13-26(21)2;/h9-13,15-17H,5-8,14H2,1-4H3;1H/q+1;/p-1. The molecule has 0 saturated heterocycles. The summed E-state index contributed by atoms with van der Waals surface area (Å²) < 4.78 is 24.5. The molecule has 1 heterocycles. The number of carbonyl (C=O) groups excluding carboxylic acids is 1. The van der Waals surface area contributed by atoms with Gasteiger partial charge in [-0.25, -0.2) is 9.36 Å². The van der Waals surface area contributed by atoms with Crippen molar-refractivity contribution in [3.63, 3.8) is 0 Å². The lowest BCUT2D eigenvalue weighted by atomic mass is 10.1. The van der Waals surface area contributed by atoms with E-state index in [9.17, 15) is 4.79 Å². The average Bonchev–Trinajstić information content (AvgIpc) is 2.78. The molecule has 0 fully saturated rings. The van der Waals surface area contributed by atoms with Crippen LogP contribution in [0.2, 0.25) is 0 Å². The lowest BCUT2D eigenvalue weighted by Crippen LogP contribution is -3.00. The second kappa shape index (κ2) is 12.5. The summed E-state index contributed by atoms with van der Waals surface area (Å²) in [5.74, 6) is 1.35. The summed E-state index contributed by atoms with van der Waals surface area (Å²) in [7, 11) is 5.05. The maximum Gasteiger partial charge on any atom is 0.343 e. The van der Waals surface area contributed by atoms with Crippen molar-refractivity contribution in [2.45, 2.75) is 32.6 Å². The number of ether oxygens (including phenoxy) is 4. The fraction of sp³-hybridized carbons (Fsp3) is 0.360. The van der Waals surface area contributed by atoms with Gasteiger partial charge in [0.2, 0.25) is 11.3 Å². The van der Waals surface area contributed by atoms with E-state index in [1.54, 1.807) is 18.2 Å². The predicted molar refractivity (Wildman–Crippen MR) is 119 cm³/mol. The molecule has 0 aliphatic heterocycles. The Morgan fingerprint density at radius 1 is 0.969 bits per heavy atom. The number of fused-ring (bicyclic) bond motifs is 1. The van der Waals surface area contributed by atoms with E-state index in [-0.39, 0.29) is 24.0 Å². The molecule has 0 saturated carbocycles. The van der Waals surface area contributed by atoms with Crippen LogP contribution in [0.3, 0.4) is 0 Å². The van der Waals surface area contributed by atoms with Gasteiger partial charge in [-0.1, -0.05) is 26.2 Å². The Labute approximate surface area is 206 Å². The fourth-order valence-corrected chi connectivity index (χ4v) is 3.42. The van der Waals surface area contributed by atoms with E-state index < -0.39 is 5.97 Å². The van der Waals surface area contributed by atoms with Gasteiger partial charge in [-0.05, 0) is 36.8 Å². The Hall–Kier alpha value is -2.55. The van der Waals surface area contributed by atoms with Crippen LogP contribution in [-0.4, -0.2) is 26.8 Å². The molecule has 3 aromatic rings. The van der Waals surface area contributed by atoms with Gasteiger partial charge >= 0.3 is 5.97 Å². The molecular weight excluding hydrogens is 521 g/mol. The van der Waals surface area contributed by atoms with E-state index in [4.69, 9.17) is 18.9 Å². The van der Waals surface area contributed by atoms with E-state index in [2.05, 4.69) is 6.92 Å². The molecule has 172 valence electrons. The Balaban J connectivity index is 0.00000363. The number of benzene rings is 2. The minimum Gasteiger partial charge on any atom is -1.00 e. The molecule has 0 aliphatic carbocycles. The number of esters is 1. The molecule has 32 heavy (non-hydrogen) atoms. The van der Waals surface area contributed by atoms with Crippen molar-refractivity contribution >= 4 is 16.9 Å². The number of aromatic nitrogens is 1. The number of hydrogen-bond acceptors (Lipinski definition) is 5. The third kappa shape index (κ3) is 6.25. The normalized spacial score (nSPS) is 10.4. The Bertz CT molecular complexity index is 1030. The van der Waals surface area contributed by atoms with Crippen molar-refractivity contribution < 1.29 is 52.3 Å². The van der Waals surface area contributed by atoms with Gasteiger partial charge in [0.05, 0.1) is 31.8 Å². The predicted octanol–water partition coefficient (Wildman–Crippen LogP) is 1.86. The second-order valence-corrected chi connectivity index (χ2v) is 7.35. The van der Waals surface area contributed by atoms with Crippen LogP contribution in [0.5, 0.6) is 23.0 Å². The zero-order valence-electron chi connectivity index (χ0n) is 19.0. The minimum atomic E-state index is -0.495. The first-order valence-electron chi connectivity index (χ1n) is 10.6. The van der Waals surface area contributed by atoms with E-state index in [1.807, 2.05) is 42.1 Å². The van der Waals surface area contributed by atoms with E-state index in [1.165, 1.54) is 27.1 Å². The van der Waals surface area contributed by atoms with Crippen molar-refractivity contribution in [2.75, 3.05) is 20.8 Å². The van der Waals surface area contributed by atoms with Gasteiger partial charge in [-0.2, -0.15) is 0 Å². The smallest absolute Gasteiger partial charge is 0.343 e. The number of carbonyl (C=O) groups is 1. The fourth-order valence-electron chi connectivity index (χ4n) is 3.42. The number of unbranched alkanes of at least 4 members (excludes halogenated alkanes) is 3. The van der Waals surface area contributed by atoms with Gasteiger partial charge in [-0.3, -0.25) is 0 Å². The molecule has 0 radical (unpaired) electrons. The first-order valence-corrected chi connectivity index (χ1v) is 10.6.